The fraction of sp³-hybridized carbons (Fsp3) is 0.238. The lowest BCUT2D eigenvalue weighted by Gasteiger charge is -2.26. The molecule has 0 saturated carbocycles. The smallest absolute Gasteiger partial charge is 0.338 e. The van der Waals surface area contributed by atoms with E-state index in [1.807, 2.05) is 30.3 Å². The van der Waals surface area contributed by atoms with E-state index in [1.54, 1.807) is 0 Å². The molecule has 156 valence electrons. The van der Waals surface area contributed by atoms with Crippen molar-refractivity contribution in [2.45, 2.75) is 11.5 Å². The zero-order valence-electron chi connectivity index (χ0n) is 16.0. The van der Waals surface area contributed by atoms with Crippen LogP contribution in [0.1, 0.15) is 15.9 Å². The van der Waals surface area contributed by atoms with Gasteiger partial charge >= 0.3 is 5.97 Å². The number of pyridine rings is 1. The maximum absolute atomic E-state index is 12.7. The number of halogens is 1. The molecule has 1 saturated heterocycles. The van der Waals surface area contributed by atoms with Gasteiger partial charge in [0.2, 0.25) is 10.0 Å². The molecule has 30 heavy (non-hydrogen) atoms. The molecule has 1 aromatic heterocycles. The lowest BCUT2D eigenvalue weighted by atomic mass is 10.1. The minimum Gasteiger partial charge on any atom is -0.457 e. The average Bonchev–Trinajstić information content (AvgIpc) is 2.78. The summed E-state index contributed by atoms with van der Waals surface area (Å²) in [5, 5.41) is 1.17. The van der Waals surface area contributed by atoms with Crippen LogP contribution in [0.15, 0.2) is 59.5 Å². The van der Waals surface area contributed by atoms with Gasteiger partial charge in [0, 0.05) is 24.0 Å². The SMILES string of the molecule is O=C(OCc1cc2ccccc2nc1Cl)c1ccc(S(=O)(=O)N2CCOCC2)cc1. The third kappa shape index (κ3) is 4.32. The predicted molar refractivity (Wildman–Crippen MR) is 112 cm³/mol. The van der Waals surface area contributed by atoms with Gasteiger partial charge in [-0.05, 0) is 36.4 Å². The van der Waals surface area contributed by atoms with Gasteiger partial charge in [0.15, 0.2) is 0 Å². The van der Waals surface area contributed by atoms with Crippen molar-refractivity contribution in [3.8, 4) is 0 Å². The fourth-order valence-corrected chi connectivity index (χ4v) is 4.77. The van der Waals surface area contributed by atoms with Gasteiger partial charge in [0.05, 0.1) is 29.2 Å². The summed E-state index contributed by atoms with van der Waals surface area (Å²) in [6.45, 7) is 1.33. The second-order valence-corrected chi connectivity index (χ2v) is 9.04. The molecule has 7 nitrogen and oxygen atoms in total. The number of aromatic nitrogens is 1. The van der Waals surface area contributed by atoms with Crippen molar-refractivity contribution in [1.82, 2.24) is 9.29 Å². The highest BCUT2D eigenvalue weighted by Gasteiger charge is 2.26. The molecule has 1 aliphatic heterocycles. The Bertz CT molecular complexity index is 1180. The van der Waals surface area contributed by atoms with Gasteiger partial charge in [0.25, 0.3) is 0 Å². The number of carbonyl (C=O) groups is 1. The van der Waals surface area contributed by atoms with Crippen molar-refractivity contribution < 1.29 is 22.7 Å². The number of benzene rings is 2. The molecular formula is C21H19ClN2O5S. The van der Waals surface area contributed by atoms with E-state index in [2.05, 4.69) is 4.98 Å². The Morgan fingerprint density at radius 1 is 1.10 bits per heavy atom. The number of carbonyl (C=O) groups excluding carboxylic acids is 1. The summed E-state index contributed by atoms with van der Waals surface area (Å²) in [6, 6.07) is 15.0. The molecular weight excluding hydrogens is 428 g/mol. The third-order valence-electron chi connectivity index (χ3n) is 4.81. The normalized spacial score (nSPS) is 15.2. The largest absolute Gasteiger partial charge is 0.457 e. The summed E-state index contributed by atoms with van der Waals surface area (Å²) >= 11 is 6.19. The second-order valence-electron chi connectivity index (χ2n) is 6.75. The zero-order chi connectivity index (χ0) is 21.1. The molecule has 0 radical (unpaired) electrons. The van der Waals surface area contributed by atoms with E-state index in [4.69, 9.17) is 21.1 Å². The van der Waals surface area contributed by atoms with Gasteiger partial charge in [-0.2, -0.15) is 4.31 Å². The molecule has 2 heterocycles. The van der Waals surface area contributed by atoms with E-state index in [-0.39, 0.29) is 22.2 Å². The molecule has 9 heteroatoms. The number of para-hydroxylation sites is 1. The minimum atomic E-state index is -3.61. The molecule has 0 unspecified atom stereocenters. The number of sulfonamides is 1. The van der Waals surface area contributed by atoms with Crippen molar-refractivity contribution in [1.29, 1.82) is 0 Å². The van der Waals surface area contributed by atoms with Gasteiger partial charge in [-0.15, -0.1) is 0 Å². The van der Waals surface area contributed by atoms with Gasteiger partial charge in [-0.1, -0.05) is 29.8 Å². The highest BCUT2D eigenvalue weighted by molar-refractivity contribution is 7.89. The van der Waals surface area contributed by atoms with E-state index in [0.717, 1.165) is 10.9 Å². The first-order chi connectivity index (χ1) is 14.4. The van der Waals surface area contributed by atoms with Gasteiger partial charge in [-0.3, -0.25) is 0 Å². The summed E-state index contributed by atoms with van der Waals surface area (Å²) in [5.74, 6) is -0.574. The quantitative estimate of drug-likeness (QED) is 0.441. The molecule has 4 rings (SSSR count). The van der Waals surface area contributed by atoms with Crippen molar-refractivity contribution in [3.05, 3.63) is 70.9 Å². The number of rotatable bonds is 5. The van der Waals surface area contributed by atoms with Crippen LogP contribution >= 0.6 is 11.6 Å². The minimum absolute atomic E-state index is 0.0384. The Balaban J connectivity index is 1.45. The Labute approximate surface area is 179 Å². The molecule has 1 fully saturated rings. The lowest BCUT2D eigenvalue weighted by Crippen LogP contribution is -2.40. The lowest BCUT2D eigenvalue weighted by molar-refractivity contribution is 0.0472. The van der Waals surface area contributed by atoms with Crippen LogP contribution in [0.25, 0.3) is 10.9 Å². The van der Waals surface area contributed by atoms with Crippen LogP contribution < -0.4 is 0 Å². The number of fused-ring (bicyclic) bond motifs is 1. The Kier molecular flexibility index (Phi) is 6.01. The standard InChI is InChI=1S/C21H19ClN2O5S/c22-20-17(13-16-3-1-2-4-19(16)23-20)14-29-21(25)15-5-7-18(8-6-15)30(26,27)24-9-11-28-12-10-24/h1-8,13H,9-12,14H2. The summed E-state index contributed by atoms with van der Waals surface area (Å²) < 4.78 is 37.2. The molecule has 0 bridgehead atoms. The second kappa shape index (κ2) is 8.69. The van der Waals surface area contributed by atoms with Crippen LogP contribution in [0.3, 0.4) is 0 Å². The highest BCUT2D eigenvalue weighted by atomic mass is 35.5. The maximum atomic E-state index is 12.7. The number of hydrogen-bond donors (Lipinski definition) is 0. The van der Waals surface area contributed by atoms with E-state index >= 15 is 0 Å². The molecule has 0 spiro atoms. The zero-order valence-corrected chi connectivity index (χ0v) is 17.5. The van der Waals surface area contributed by atoms with Crippen LogP contribution in [0.2, 0.25) is 5.15 Å². The van der Waals surface area contributed by atoms with E-state index < -0.39 is 16.0 Å². The Hall–Kier alpha value is -2.52. The van der Waals surface area contributed by atoms with Crippen molar-refractivity contribution >= 4 is 38.5 Å². The number of hydrogen-bond acceptors (Lipinski definition) is 6. The first-order valence-corrected chi connectivity index (χ1v) is 11.2. The summed E-state index contributed by atoms with van der Waals surface area (Å²) in [7, 11) is -3.61. The average molecular weight is 447 g/mol. The van der Waals surface area contributed by atoms with Crippen molar-refractivity contribution in [2.24, 2.45) is 0 Å². The fourth-order valence-electron chi connectivity index (χ4n) is 3.16. The number of nitrogens with zero attached hydrogens (tertiary/aromatic N) is 2. The molecule has 0 aliphatic carbocycles. The van der Waals surface area contributed by atoms with Gasteiger partial charge in [-0.25, -0.2) is 18.2 Å². The van der Waals surface area contributed by atoms with E-state index in [9.17, 15) is 13.2 Å². The monoisotopic (exact) mass is 446 g/mol. The summed E-state index contributed by atoms with van der Waals surface area (Å²) in [6.07, 6.45) is 0. The van der Waals surface area contributed by atoms with E-state index in [0.29, 0.717) is 31.9 Å². The van der Waals surface area contributed by atoms with Crippen molar-refractivity contribution in [2.75, 3.05) is 26.3 Å². The van der Waals surface area contributed by atoms with Crippen LogP contribution in [0.4, 0.5) is 0 Å². The van der Waals surface area contributed by atoms with Crippen LogP contribution in [0, 0.1) is 0 Å². The van der Waals surface area contributed by atoms with Crippen LogP contribution in [-0.2, 0) is 26.1 Å². The molecule has 1 aliphatic rings. The highest BCUT2D eigenvalue weighted by Crippen LogP contribution is 2.22. The predicted octanol–water partition coefficient (Wildman–Crippen LogP) is 3.27. The summed E-state index contributed by atoms with van der Waals surface area (Å²) in [4.78, 5) is 16.8. The molecule has 2 aromatic carbocycles. The molecule has 0 N–H and O–H groups in total. The number of ether oxygens (including phenoxy) is 2. The number of esters is 1. The van der Waals surface area contributed by atoms with Gasteiger partial charge < -0.3 is 9.47 Å². The molecule has 3 aromatic rings. The van der Waals surface area contributed by atoms with E-state index in [1.165, 1.54) is 28.6 Å². The maximum Gasteiger partial charge on any atom is 0.338 e. The van der Waals surface area contributed by atoms with Crippen LogP contribution in [0.5, 0.6) is 0 Å². The van der Waals surface area contributed by atoms with Crippen LogP contribution in [-0.4, -0.2) is 50.0 Å². The first kappa shape index (κ1) is 20.7. The van der Waals surface area contributed by atoms with Gasteiger partial charge in [0.1, 0.15) is 11.8 Å². The topological polar surface area (TPSA) is 85.8 Å². The number of morpholine rings is 1. The Morgan fingerprint density at radius 2 is 1.80 bits per heavy atom. The third-order valence-corrected chi connectivity index (χ3v) is 7.05. The first-order valence-electron chi connectivity index (χ1n) is 9.34. The van der Waals surface area contributed by atoms with Crippen molar-refractivity contribution in [3.63, 3.8) is 0 Å². The Morgan fingerprint density at radius 3 is 2.53 bits per heavy atom. The molecule has 0 atom stereocenters. The summed E-state index contributed by atoms with van der Waals surface area (Å²) in [5.41, 5.74) is 1.60. The molecule has 0 amide bonds.